The molecule has 3 aromatic rings. The van der Waals surface area contributed by atoms with Gasteiger partial charge in [0.05, 0.1) is 0 Å². The fourth-order valence-corrected chi connectivity index (χ4v) is 2.41. The molecule has 0 fully saturated rings. The van der Waals surface area contributed by atoms with Gasteiger partial charge in [-0.1, -0.05) is 29.8 Å². The molecule has 0 atom stereocenters. The molecule has 2 aromatic carbocycles. The van der Waals surface area contributed by atoms with Crippen LogP contribution in [0.15, 0.2) is 64.2 Å². The van der Waals surface area contributed by atoms with Crippen molar-refractivity contribution in [3.8, 4) is 11.5 Å². The summed E-state index contributed by atoms with van der Waals surface area (Å²) in [7, 11) is 0. The smallest absolute Gasteiger partial charge is 0.284 e. The Hall–Kier alpha value is -2.11. The number of nitrogens with zero attached hydrogens (tertiary/aromatic N) is 2. The van der Waals surface area contributed by atoms with Crippen LogP contribution in [0.4, 0.5) is 0 Å². The summed E-state index contributed by atoms with van der Waals surface area (Å²) in [5.41, 5.74) is 1.35. The minimum atomic E-state index is -0.171. The van der Waals surface area contributed by atoms with Crippen LogP contribution in [0.3, 0.4) is 0 Å². The van der Waals surface area contributed by atoms with Crippen LogP contribution < -0.4 is 0 Å². The fraction of sp³-hybridized carbons (Fsp3) is 0. The Morgan fingerprint density at radius 3 is 2.43 bits per heavy atom. The van der Waals surface area contributed by atoms with Crippen LogP contribution in [0.1, 0.15) is 10.4 Å². The lowest BCUT2D eigenvalue weighted by Crippen LogP contribution is -1.92. The van der Waals surface area contributed by atoms with Gasteiger partial charge in [0, 0.05) is 27.9 Å². The van der Waals surface area contributed by atoms with Crippen LogP contribution in [0.25, 0.3) is 11.5 Å². The van der Waals surface area contributed by atoms with E-state index in [1.54, 1.807) is 24.3 Å². The number of aromatic nitrogens is 2. The molecule has 0 aliphatic heterocycles. The van der Waals surface area contributed by atoms with Crippen molar-refractivity contribution >= 4 is 28.5 Å². The molecule has 4 nitrogen and oxygen atoms in total. The molecule has 3 rings (SSSR count). The number of carbonyl (C=O) groups excluding carboxylic acids is 1. The highest BCUT2D eigenvalue weighted by molar-refractivity contribution is 8.14. The van der Waals surface area contributed by atoms with Gasteiger partial charge in [0.15, 0.2) is 0 Å². The van der Waals surface area contributed by atoms with Gasteiger partial charge in [-0.15, -0.1) is 10.2 Å². The van der Waals surface area contributed by atoms with Crippen molar-refractivity contribution in [3.63, 3.8) is 0 Å². The van der Waals surface area contributed by atoms with E-state index in [1.807, 2.05) is 30.3 Å². The van der Waals surface area contributed by atoms with Gasteiger partial charge >= 0.3 is 0 Å². The topological polar surface area (TPSA) is 56.0 Å². The molecule has 0 aliphatic carbocycles. The van der Waals surface area contributed by atoms with Crippen molar-refractivity contribution in [2.75, 3.05) is 0 Å². The standard InChI is InChI=1S/C15H9ClN2O2S/c16-12-8-6-11(7-9-12)14(19)21-15-18-17-13(20-15)10-4-2-1-3-5-10/h1-9H. The molecule has 104 valence electrons. The summed E-state index contributed by atoms with van der Waals surface area (Å²) in [5.74, 6) is 0.391. The zero-order valence-corrected chi connectivity index (χ0v) is 12.3. The molecule has 0 saturated carbocycles. The van der Waals surface area contributed by atoms with E-state index in [2.05, 4.69) is 10.2 Å². The molecule has 0 unspecified atom stereocenters. The van der Waals surface area contributed by atoms with E-state index in [9.17, 15) is 4.79 Å². The Morgan fingerprint density at radius 2 is 1.71 bits per heavy atom. The van der Waals surface area contributed by atoms with Gasteiger partial charge in [-0.25, -0.2) is 0 Å². The van der Waals surface area contributed by atoms with E-state index < -0.39 is 0 Å². The summed E-state index contributed by atoms with van der Waals surface area (Å²) in [6, 6.07) is 16.0. The number of hydrogen-bond donors (Lipinski definition) is 0. The highest BCUT2D eigenvalue weighted by Gasteiger charge is 2.14. The minimum Gasteiger partial charge on any atom is -0.411 e. The molecule has 0 saturated heterocycles. The molecule has 1 heterocycles. The first-order chi connectivity index (χ1) is 10.2. The van der Waals surface area contributed by atoms with Crippen molar-refractivity contribution in [1.82, 2.24) is 10.2 Å². The predicted octanol–water partition coefficient (Wildman–Crippen LogP) is 4.32. The molecular formula is C15H9ClN2O2S. The Balaban J connectivity index is 1.75. The average molecular weight is 317 g/mol. The first kappa shape index (κ1) is 13.9. The largest absolute Gasteiger partial charge is 0.411 e. The first-order valence-electron chi connectivity index (χ1n) is 6.09. The summed E-state index contributed by atoms with van der Waals surface area (Å²) in [4.78, 5) is 12.1. The second-order valence-electron chi connectivity index (χ2n) is 4.14. The first-order valence-corrected chi connectivity index (χ1v) is 7.28. The quantitative estimate of drug-likeness (QED) is 0.673. The van der Waals surface area contributed by atoms with Gasteiger partial charge in [0.1, 0.15) is 0 Å². The normalized spacial score (nSPS) is 10.5. The molecule has 0 N–H and O–H groups in total. The van der Waals surface area contributed by atoms with Crippen molar-refractivity contribution in [2.45, 2.75) is 5.22 Å². The van der Waals surface area contributed by atoms with E-state index in [-0.39, 0.29) is 10.3 Å². The van der Waals surface area contributed by atoms with Crippen LogP contribution in [-0.2, 0) is 0 Å². The number of rotatable bonds is 3. The third-order valence-corrected chi connectivity index (χ3v) is 3.70. The lowest BCUT2D eigenvalue weighted by atomic mass is 10.2. The number of benzene rings is 2. The molecule has 21 heavy (non-hydrogen) atoms. The molecule has 0 amide bonds. The molecule has 1 aromatic heterocycles. The van der Waals surface area contributed by atoms with E-state index in [4.69, 9.17) is 16.0 Å². The number of halogens is 1. The summed E-state index contributed by atoms with van der Waals surface area (Å²) in [6.45, 7) is 0. The van der Waals surface area contributed by atoms with Gasteiger partial charge in [0.25, 0.3) is 5.22 Å². The van der Waals surface area contributed by atoms with Crippen LogP contribution in [0.2, 0.25) is 5.02 Å². The number of carbonyl (C=O) groups is 1. The molecule has 0 bridgehead atoms. The number of thioether (sulfide) groups is 1. The van der Waals surface area contributed by atoms with Crippen molar-refractivity contribution in [3.05, 3.63) is 65.2 Å². The van der Waals surface area contributed by atoms with E-state index in [0.29, 0.717) is 16.5 Å². The fourth-order valence-electron chi connectivity index (χ4n) is 1.67. The van der Waals surface area contributed by atoms with E-state index >= 15 is 0 Å². The third kappa shape index (κ3) is 3.32. The summed E-state index contributed by atoms with van der Waals surface area (Å²) in [6.07, 6.45) is 0. The lowest BCUT2D eigenvalue weighted by Gasteiger charge is -1.97. The minimum absolute atomic E-state index is 0.171. The molecule has 0 aliphatic rings. The van der Waals surface area contributed by atoms with Crippen LogP contribution in [-0.4, -0.2) is 15.3 Å². The monoisotopic (exact) mass is 316 g/mol. The summed E-state index contributed by atoms with van der Waals surface area (Å²) < 4.78 is 5.48. The van der Waals surface area contributed by atoms with Crippen molar-refractivity contribution in [2.24, 2.45) is 0 Å². The average Bonchev–Trinajstić information content (AvgIpc) is 2.97. The second-order valence-corrected chi connectivity index (χ2v) is 5.50. The summed E-state index contributed by atoms with van der Waals surface area (Å²) in [5, 5.41) is 8.44. The molecule has 6 heteroatoms. The van der Waals surface area contributed by atoms with Crippen molar-refractivity contribution in [1.29, 1.82) is 0 Å². The zero-order chi connectivity index (χ0) is 14.7. The SMILES string of the molecule is O=C(Sc1nnc(-c2ccccc2)o1)c1ccc(Cl)cc1. The van der Waals surface area contributed by atoms with Gasteiger partial charge in [-0.3, -0.25) is 4.79 Å². The van der Waals surface area contributed by atoms with E-state index in [0.717, 1.165) is 17.3 Å². The lowest BCUT2D eigenvalue weighted by molar-refractivity contribution is 0.108. The van der Waals surface area contributed by atoms with Crippen molar-refractivity contribution < 1.29 is 9.21 Å². The highest BCUT2D eigenvalue weighted by atomic mass is 35.5. The highest BCUT2D eigenvalue weighted by Crippen LogP contribution is 2.26. The second kappa shape index (κ2) is 6.11. The Labute approximate surface area is 130 Å². The summed E-state index contributed by atoms with van der Waals surface area (Å²) >= 11 is 6.68. The number of hydrogen-bond acceptors (Lipinski definition) is 5. The molecule has 0 radical (unpaired) electrons. The third-order valence-electron chi connectivity index (χ3n) is 2.69. The maximum Gasteiger partial charge on any atom is 0.284 e. The molecule has 0 spiro atoms. The van der Waals surface area contributed by atoms with Gasteiger partial charge in [-0.05, 0) is 36.4 Å². The van der Waals surface area contributed by atoms with Crippen LogP contribution in [0, 0.1) is 0 Å². The molecular weight excluding hydrogens is 308 g/mol. The maximum atomic E-state index is 12.1. The Kier molecular flexibility index (Phi) is 4.03. The zero-order valence-electron chi connectivity index (χ0n) is 10.7. The van der Waals surface area contributed by atoms with Crippen LogP contribution in [0.5, 0.6) is 0 Å². The predicted molar refractivity (Wildman–Crippen MR) is 81.4 cm³/mol. The van der Waals surface area contributed by atoms with Crippen LogP contribution >= 0.6 is 23.4 Å². The van der Waals surface area contributed by atoms with E-state index in [1.165, 1.54) is 0 Å². The van der Waals surface area contributed by atoms with Gasteiger partial charge in [0.2, 0.25) is 11.0 Å². The van der Waals surface area contributed by atoms with Gasteiger partial charge in [-0.2, -0.15) is 0 Å². The Bertz CT molecular complexity index is 757. The maximum absolute atomic E-state index is 12.1. The Morgan fingerprint density at radius 1 is 1.00 bits per heavy atom. The van der Waals surface area contributed by atoms with Gasteiger partial charge < -0.3 is 4.42 Å².